The van der Waals surface area contributed by atoms with Crippen molar-refractivity contribution in [3.8, 4) is 5.75 Å². The first kappa shape index (κ1) is 18.7. The van der Waals surface area contributed by atoms with Crippen molar-refractivity contribution in [2.45, 2.75) is 18.4 Å². The Kier molecular flexibility index (Phi) is 5.03. The van der Waals surface area contributed by atoms with Crippen molar-refractivity contribution in [3.05, 3.63) is 77.9 Å². The molecule has 2 aromatic carbocycles. The molecule has 2 unspecified atom stereocenters. The summed E-state index contributed by atoms with van der Waals surface area (Å²) in [6.07, 6.45) is 3.64. The number of aryl methyl sites for hydroxylation is 1. The van der Waals surface area contributed by atoms with E-state index in [9.17, 15) is 9.59 Å². The number of nitrogens with zero attached hydrogens (tertiary/aromatic N) is 2. The molecule has 29 heavy (non-hydrogen) atoms. The Morgan fingerprint density at radius 1 is 1.24 bits per heavy atom. The van der Waals surface area contributed by atoms with Crippen LogP contribution >= 0.6 is 0 Å². The summed E-state index contributed by atoms with van der Waals surface area (Å²) >= 11 is 0. The maximum atomic E-state index is 13.3. The Morgan fingerprint density at radius 3 is 2.69 bits per heavy atom. The molecule has 0 spiro atoms. The van der Waals surface area contributed by atoms with Gasteiger partial charge in [-0.1, -0.05) is 30.3 Å². The van der Waals surface area contributed by atoms with Crippen molar-refractivity contribution in [2.24, 2.45) is 7.05 Å². The number of hydrogen-bond donors (Lipinski definition) is 2. The topological polar surface area (TPSA) is 85.2 Å². The highest BCUT2D eigenvalue weighted by Gasteiger charge is 2.32. The molecule has 1 aliphatic rings. The molecule has 0 saturated carbocycles. The number of benzene rings is 2. The number of para-hydroxylation sites is 1. The third kappa shape index (κ3) is 3.71. The van der Waals surface area contributed by atoms with Crippen molar-refractivity contribution in [3.63, 3.8) is 0 Å². The van der Waals surface area contributed by atoms with E-state index < -0.39 is 12.0 Å². The van der Waals surface area contributed by atoms with Crippen molar-refractivity contribution < 1.29 is 14.3 Å². The second-order valence-corrected chi connectivity index (χ2v) is 7.00. The quantitative estimate of drug-likeness (QED) is 0.702. The zero-order valence-corrected chi connectivity index (χ0v) is 16.3. The fraction of sp³-hybridized carbons (Fsp3) is 0.227. The molecular weight excluding hydrogens is 368 g/mol. The first-order valence-electron chi connectivity index (χ1n) is 9.37. The van der Waals surface area contributed by atoms with Gasteiger partial charge in [-0.2, -0.15) is 0 Å². The molecule has 7 nitrogen and oxygen atoms in total. The third-order valence-electron chi connectivity index (χ3n) is 5.17. The lowest BCUT2D eigenvalue weighted by molar-refractivity contribution is -0.126. The van der Waals surface area contributed by atoms with Crippen molar-refractivity contribution in [2.75, 3.05) is 12.4 Å². The van der Waals surface area contributed by atoms with Crippen LogP contribution in [0, 0.1) is 0 Å². The highest BCUT2D eigenvalue weighted by molar-refractivity contribution is 6.01. The van der Waals surface area contributed by atoms with Gasteiger partial charge in [-0.05, 0) is 29.3 Å². The number of rotatable bonds is 5. The molecule has 0 bridgehead atoms. The molecule has 0 fully saturated rings. The fourth-order valence-electron chi connectivity index (χ4n) is 3.64. The van der Waals surface area contributed by atoms with E-state index in [-0.39, 0.29) is 18.2 Å². The lowest BCUT2D eigenvalue weighted by Gasteiger charge is -2.27. The van der Waals surface area contributed by atoms with Crippen LogP contribution < -0.4 is 15.4 Å². The molecule has 4 rings (SSSR count). The maximum absolute atomic E-state index is 13.3. The molecule has 0 radical (unpaired) electrons. The van der Waals surface area contributed by atoms with Crippen LogP contribution in [-0.4, -0.2) is 28.5 Å². The summed E-state index contributed by atoms with van der Waals surface area (Å²) in [5, 5.41) is 5.93. The number of amides is 2. The third-order valence-corrected chi connectivity index (χ3v) is 5.17. The molecule has 0 aliphatic carbocycles. The number of carbonyl (C=O) groups is 2. The first-order chi connectivity index (χ1) is 14.1. The summed E-state index contributed by atoms with van der Waals surface area (Å²) in [4.78, 5) is 29.8. The van der Waals surface area contributed by atoms with Gasteiger partial charge in [0.15, 0.2) is 0 Å². The Hall–Kier alpha value is -3.61. The SMILES string of the molecule is COc1ccc(C(NC(=O)C2CC(=O)Nc3ccccc32)c2nccn2C)cc1. The average Bonchev–Trinajstić information content (AvgIpc) is 3.17. The highest BCUT2D eigenvalue weighted by Crippen LogP contribution is 2.33. The van der Waals surface area contributed by atoms with Gasteiger partial charge >= 0.3 is 0 Å². The van der Waals surface area contributed by atoms with Gasteiger partial charge in [-0.3, -0.25) is 9.59 Å². The summed E-state index contributed by atoms with van der Waals surface area (Å²) < 4.78 is 7.11. The van der Waals surface area contributed by atoms with Crippen LogP contribution in [0.3, 0.4) is 0 Å². The smallest absolute Gasteiger partial charge is 0.229 e. The largest absolute Gasteiger partial charge is 0.497 e. The molecule has 0 saturated heterocycles. The Bertz CT molecular complexity index is 1040. The number of nitrogens with one attached hydrogen (secondary N) is 2. The van der Waals surface area contributed by atoms with Gasteiger partial charge in [0.25, 0.3) is 0 Å². The van der Waals surface area contributed by atoms with Crippen LogP contribution in [0.4, 0.5) is 5.69 Å². The van der Waals surface area contributed by atoms with E-state index in [1.807, 2.05) is 66.3 Å². The normalized spacial score (nSPS) is 16.5. The van der Waals surface area contributed by atoms with Crippen molar-refractivity contribution in [1.29, 1.82) is 0 Å². The monoisotopic (exact) mass is 390 g/mol. The summed E-state index contributed by atoms with van der Waals surface area (Å²) in [5.74, 6) is 0.507. The Balaban J connectivity index is 1.67. The summed E-state index contributed by atoms with van der Waals surface area (Å²) in [5.41, 5.74) is 2.38. The van der Waals surface area contributed by atoms with Gasteiger partial charge in [-0.15, -0.1) is 0 Å². The molecule has 1 aromatic heterocycles. The van der Waals surface area contributed by atoms with E-state index in [1.165, 1.54) is 0 Å². The van der Waals surface area contributed by atoms with Gasteiger partial charge in [0.1, 0.15) is 17.6 Å². The van der Waals surface area contributed by atoms with Crippen LogP contribution in [0.2, 0.25) is 0 Å². The number of hydrogen-bond acceptors (Lipinski definition) is 4. The minimum absolute atomic E-state index is 0.110. The molecule has 2 N–H and O–H groups in total. The van der Waals surface area contributed by atoms with Crippen molar-refractivity contribution in [1.82, 2.24) is 14.9 Å². The van der Waals surface area contributed by atoms with E-state index in [0.29, 0.717) is 11.5 Å². The first-order valence-corrected chi connectivity index (χ1v) is 9.37. The Labute approximate surface area is 168 Å². The van der Waals surface area contributed by atoms with Gasteiger partial charge in [0.2, 0.25) is 11.8 Å². The molecular formula is C22H22N4O3. The molecule has 3 aromatic rings. The van der Waals surface area contributed by atoms with E-state index >= 15 is 0 Å². The predicted octanol–water partition coefficient (Wildman–Crippen LogP) is 2.76. The molecule has 7 heteroatoms. The predicted molar refractivity (Wildman–Crippen MR) is 109 cm³/mol. The van der Waals surface area contributed by atoms with Gasteiger partial charge in [-0.25, -0.2) is 4.98 Å². The minimum atomic E-state index is -0.555. The molecule has 1 aliphatic heterocycles. The second-order valence-electron chi connectivity index (χ2n) is 7.00. The number of ether oxygens (including phenoxy) is 1. The highest BCUT2D eigenvalue weighted by atomic mass is 16.5. The van der Waals surface area contributed by atoms with Crippen LogP contribution in [0.1, 0.15) is 35.3 Å². The molecule has 148 valence electrons. The zero-order valence-electron chi connectivity index (χ0n) is 16.3. The summed E-state index contributed by atoms with van der Waals surface area (Å²) in [7, 11) is 3.49. The van der Waals surface area contributed by atoms with Gasteiger partial charge in [0.05, 0.1) is 13.0 Å². The number of imidazole rings is 1. The van der Waals surface area contributed by atoms with E-state index in [0.717, 1.165) is 16.9 Å². The van der Waals surface area contributed by atoms with Gasteiger partial charge in [0, 0.05) is 31.5 Å². The lowest BCUT2D eigenvalue weighted by Crippen LogP contribution is -2.38. The number of methoxy groups -OCH3 is 1. The van der Waals surface area contributed by atoms with Crippen LogP contribution in [0.25, 0.3) is 0 Å². The second kappa shape index (κ2) is 7.79. The average molecular weight is 390 g/mol. The maximum Gasteiger partial charge on any atom is 0.229 e. The van der Waals surface area contributed by atoms with Crippen LogP contribution in [0.5, 0.6) is 5.75 Å². The summed E-state index contributed by atoms with van der Waals surface area (Å²) in [6, 6.07) is 14.4. The van der Waals surface area contributed by atoms with E-state index in [1.54, 1.807) is 13.3 Å². The minimum Gasteiger partial charge on any atom is -0.497 e. The number of anilines is 1. The summed E-state index contributed by atoms with van der Waals surface area (Å²) in [6.45, 7) is 0. The molecule has 2 atom stereocenters. The number of aromatic nitrogens is 2. The molecule has 2 heterocycles. The van der Waals surface area contributed by atoms with Crippen molar-refractivity contribution >= 4 is 17.5 Å². The lowest BCUT2D eigenvalue weighted by atomic mass is 9.89. The Morgan fingerprint density at radius 2 is 2.00 bits per heavy atom. The van der Waals surface area contributed by atoms with Gasteiger partial charge < -0.3 is 19.9 Å². The molecule has 2 amide bonds. The van der Waals surface area contributed by atoms with E-state index in [2.05, 4.69) is 15.6 Å². The zero-order chi connectivity index (χ0) is 20.4. The fourth-order valence-corrected chi connectivity index (χ4v) is 3.64. The van der Waals surface area contributed by atoms with Crippen LogP contribution in [0.15, 0.2) is 60.9 Å². The van der Waals surface area contributed by atoms with E-state index in [4.69, 9.17) is 4.74 Å². The van der Waals surface area contributed by atoms with Crippen LogP contribution in [-0.2, 0) is 16.6 Å². The number of fused-ring (bicyclic) bond motifs is 1. The standard InChI is InChI=1S/C22H22N4O3/c1-26-12-11-23-21(26)20(14-7-9-15(29-2)10-8-14)25-22(28)17-13-19(27)24-18-6-4-3-5-16(17)18/h3-12,17,20H,13H2,1-2H3,(H,24,27)(H,25,28). The number of carbonyl (C=O) groups excluding carboxylic acids is 2.